The first-order valence-electron chi connectivity index (χ1n) is 4.28. The van der Waals surface area contributed by atoms with Crippen LogP contribution in [0.1, 0.15) is 12.8 Å². The Balaban J connectivity index is 0.000001000. The van der Waals surface area contributed by atoms with Crippen molar-refractivity contribution in [2.24, 2.45) is 0 Å². The standard InChI is InChI=1S/C7H13B3.Ti/c8-10-9-6-5-7-3-1-2-4-7;/h1-3,9-10H,4-6,8H2;. The molecule has 11 heavy (non-hydrogen) atoms. The summed E-state index contributed by atoms with van der Waals surface area (Å²) >= 11 is 0. The number of allylic oxidation sites excluding steroid dienone is 4. The molecule has 0 saturated heterocycles. The van der Waals surface area contributed by atoms with Gasteiger partial charge in [0.1, 0.15) is 0 Å². The largest absolute Gasteiger partial charge is 0.0816 e. The van der Waals surface area contributed by atoms with Crippen molar-refractivity contribution in [1.29, 1.82) is 0 Å². The molecule has 0 heterocycles. The van der Waals surface area contributed by atoms with Gasteiger partial charge in [-0.25, -0.2) is 0 Å². The fraction of sp³-hybridized carbons (Fsp3) is 0.429. The average Bonchev–Trinajstić information content (AvgIpc) is 2.41. The van der Waals surface area contributed by atoms with Crippen LogP contribution < -0.4 is 0 Å². The summed E-state index contributed by atoms with van der Waals surface area (Å²) in [6.07, 6.45) is 10.6. The van der Waals surface area contributed by atoms with Crippen molar-refractivity contribution in [3.05, 3.63) is 23.8 Å². The molecule has 0 fully saturated rings. The van der Waals surface area contributed by atoms with E-state index in [4.69, 9.17) is 0 Å². The fourth-order valence-corrected chi connectivity index (χ4v) is 1.28. The van der Waals surface area contributed by atoms with E-state index in [2.05, 4.69) is 26.0 Å². The van der Waals surface area contributed by atoms with Crippen LogP contribution in [0.25, 0.3) is 0 Å². The smallest absolute Gasteiger partial charge is 0.0784 e. The molecule has 0 aromatic heterocycles. The van der Waals surface area contributed by atoms with E-state index in [9.17, 15) is 0 Å². The summed E-state index contributed by atoms with van der Waals surface area (Å²) in [5.74, 6) is 0. The molecule has 0 saturated carbocycles. The van der Waals surface area contributed by atoms with Crippen molar-refractivity contribution >= 4 is 22.0 Å². The van der Waals surface area contributed by atoms with Gasteiger partial charge in [-0.3, -0.25) is 0 Å². The minimum atomic E-state index is 0. The van der Waals surface area contributed by atoms with E-state index in [0.717, 1.165) is 0 Å². The summed E-state index contributed by atoms with van der Waals surface area (Å²) in [6, 6.07) is 0. The van der Waals surface area contributed by atoms with Gasteiger partial charge in [0.25, 0.3) is 0 Å². The maximum atomic E-state index is 2.26. The molecule has 0 aromatic carbocycles. The van der Waals surface area contributed by atoms with Gasteiger partial charge in [0.05, 0.1) is 22.0 Å². The predicted molar refractivity (Wildman–Crippen MR) is 54.1 cm³/mol. The number of hydrogen-bond donors (Lipinski definition) is 0. The Morgan fingerprint density at radius 2 is 2.36 bits per heavy atom. The normalized spacial score (nSPS) is 13.6. The van der Waals surface area contributed by atoms with Gasteiger partial charge in [-0.15, -0.1) is 0 Å². The molecule has 1 aliphatic carbocycles. The molecule has 0 nitrogen and oxygen atoms in total. The van der Waals surface area contributed by atoms with E-state index < -0.39 is 0 Å². The van der Waals surface area contributed by atoms with Crippen LogP contribution in [0.4, 0.5) is 0 Å². The van der Waals surface area contributed by atoms with Gasteiger partial charge in [-0.05, 0) is 12.8 Å². The Hall–Kier alpha value is 0.389. The zero-order valence-corrected chi connectivity index (χ0v) is 8.83. The topological polar surface area (TPSA) is 0 Å². The Bertz CT molecular complexity index is 154. The van der Waals surface area contributed by atoms with Crippen molar-refractivity contribution < 1.29 is 21.7 Å². The molecule has 0 bridgehead atoms. The van der Waals surface area contributed by atoms with Crippen LogP contribution >= 0.6 is 0 Å². The van der Waals surface area contributed by atoms with Gasteiger partial charge < -0.3 is 0 Å². The number of hydrogen-bond acceptors (Lipinski definition) is 0. The molecular formula is C7H13B3Ti. The first kappa shape index (κ1) is 11.4. The molecule has 0 aromatic rings. The van der Waals surface area contributed by atoms with Crippen molar-refractivity contribution in [1.82, 2.24) is 0 Å². The summed E-state index contributed by atoms with van der Waals surface area (Å²) in [7, 11) is 4.97. The van der Waals surface area contributed by atoms with E-state index >= 15 is 0 Å². The molecule has 0 spiro atoms. The van der Waals surface area contributed by atoms with Gasteiger partial charge in [-0.2, -0.15) is 0 Å². The quantitative estimate of drug-likeness (QED) is 0.419. The summed E-state index contributed by atoms with van der Waals surface area (Å²) in [4.78, 5) is 0. The fourth-order valence-electron chi connectivity index (χ4n) is 1.28. The van der Waals surface area contributed by atoms with Crippen molar-refractivity contribution in [3.8, 4) is 0 Å². The summed E-state index contributed by atoms with van der Waals surface area (Å²) < 4.78 is 0. The van der Waals surface area contributed by atoms with E-state index in [-0.39, 0.29) is 21.7 Å². The zero-order valence-electron chi connectivity index (χ0n) is 7.27. The Labute approximate surface area is 86.6 Å². The van der Waals surface area contributed by atoms with E-state index in [1.165, 1.54) is 33.4 Å². The molecule has 4 heteroatoms. The van der Waals surface area contributed by atoms with Gasteiger partial charge in [0.15, 0.2) is 0 Å². The van der Waals surface area contributed by atoms with Crippen LogP contribution in [0.15, 0.2) is 23.8 Å². The summed E-state index contributed by atoms with van der Waals surface area (Å²) in [6.45, 7) is 0. The Kier molecular flexibility index (Phi) is 7.31. The minimum absolute atomic E-state index is 0. The third kappa shape index (κ3) is 4.76. The molecule has 0 atom stereocenters. The monoisotopic (exact) mass is 178 g/mol. The predicted octanol–water partition coefficient (Wildman–Crippen LogP) is 0.0147. The molecule has 1 rings (SSSR count). The minimum Gasteiger partial charge on any atom is -0.0816 e. The van der Waals surface area contributed by atoms with E-state index in [0.29, 0.717) is 0 Å². The van der Waals surface area contributed by atoms with Gasteiger partial charge in [-0.1, -0.05) is 30.1 Å². The summed E-state index contributed by atoms with van der Waals surface area (Å²) in [5.41, 5.74) is 1.62. The summed E-state index contributed by atoms with van der Waals surface area (Å²) in [5, 5.41) is 0. The second kappa shape index (κ2) is 7.06. The van der Waals surface area contributed by atoms with Crippen molar-refractivity contribution in [3.63, 3.8) is 0 Å². The Morgan fingerprint density at radius 3 is 2.91 bits per heavy atom. The molecule has 1 aliphatic rings. The van der Waals surface area contributed by atoms with Crippen LogP contribution in [0.5, 0.6) is 0 Å². The van der Waals surface area contributed by atoms with Crippen LogP contribution in [-0.2, 0) is 21.7 Å². The Morgan fingerprint density at radius 1 is 1.55 bits per heavy atom. The second-order valence-electron chi connectivity index (χ2n) is 2.91. The van der Waals surface area contributed by atoms with E-state index in [1.807, 2.05) is 0 Å². The van der Waals surface area contributed by atoms with Crippen molar-refractivity contribution in [2.45, 2.75) is 19.2 Å². The van der Waals surface area contributed by atoms with Crippen LogP contribution in [0.2, 0.25) is 6.32 Å². The van der Waals surface area contributed by atoms with Crippen LogP contribution in [0.3, 0.4) is 0 Å². The SMILES string of the molecule is BBBCCC1=CC=CC1.[Ti]. The van der Waals surface area contributed by atoms with Gasteiger partial charge in [0, 0.05) is 21.7 Å². The molecular weight excluding hydrogens is 164 g/mol. The van der Waals surface area contributed by atoms with Gasteiger partial charge in [0.2, 0.25) is 0 Å². The van der Waals surface area contributed by atoms with Gasteiger partial charge >= 0.3 is 0 Å². The first-order valence-corrected chi connectivity index (χ1v) is 4.28. The molecule has 0 amide bonds. The molecule has 0 N–H and O–H groups in total. The third-order valence-electron chi connectivity index (χ3n) is 1.95. The van der Waals surface area contributed by atoms with Crippen molar-refractivity contribution in [2.75, 3.05) is 0 Å². The molecule has 54 valence electrons. The van der Waals surface area contributed by atoms with Crippen LogP contribution in [-0.4, -0.2) is 22.0 Å². The maximum absolute atomic E-state index is 2.26. The van der Waals surface area contributed by atoms with E-state index in [1.54, 1.807) is 5.57 Å². The zero-order chi connectivity index (χ0) is 7.23. The third-order valence-corrected chi connectivity index (χ3v) is 1.95. The molecule has 0 unspecified atom stereocenters. The molecule has 0 aliphatic heterocycles. The molecule has 0 radical (unpaired) electrons. The maximum Gasteiger partial charge on any atom is 0.0784 e. The average molecular weight is 177 g/mol. The second-order valence-corrected chi connectivity index (χ2v) is 2.91. The number of rotatable bonds is 4. The van der Waals surface area contributed by atoms with Crippen LogP contribution in [0, 0.1) is 0 Å². The first-order chi connectivity index (χ1) is 4.93.